The molecule has 19 heavy (non-hydrogen) atoms. The standard InChI is InChI=1S/C17H33NO/c1-3-14-7-5-9-16(13-14)19-12-11-15-8-6-10-17(15)18-4-2/h14-18H,3-13H2,1-2H3. The number of ether oxygens (including phenoxy) is 1. The highest BCUT2D eigenvalue weighted by Gasteiger charge is 2.27. The van der Waals surface area contributed by atoms with Crippen molar-refractivity contribution >= 4 is 0 Å². The predicted molar refractivity (Wildman–Crippen MR) is 81.4 cm³/mol. The molecule has 0 aliphatic heterocycles. The van der Waals surface area contributed by atoms with Gasteiger partial charge in [0.05, 0.1) is 6.10 Å². The fraction of sp³-hybridized carbons (Fsp3) is 1.00. The van der Waals surface area contributed by atoms with Gasteiger partial charge >= 0.3 is 0 Å². The smallest absolute Gasteiger partial charge is 0.0577 e. The van der Waals surface area contributed by atoms with Crippen LogP contribution in [0.15, 0.2) is 0 Å². The Labute approximate surface area is 119 Å². The molecule has 0 aromatic heterocycles. The van der Waals surface area contributed by atoms with Gasteiger partial charge in [0, 0.05) is 12.6 Å². The molecule has 0 aromatic carbocycles. The molecule has 0 amide bonds. The molecular formula is C17H33NO. The summed E-state index contributed by atoms with van der Waals surface area (Å²) in [6.45, 7) is 6.65. The van der Waals surface area contributed by atoms with Crippen molar-refractivity contribution in [1.29, 1.82) is 0 Å². The summed E-state index contributed by atoms with van der Waals surface area (Å²) in [6.07, 6.45) is 12.8. The molecule has 4 atom stereocenters. The average molecular weight is 267 g/mol. The van der Waals surface area contributed by atoms with Gasteiger partial charge < -0.3 is 10.1 Å². The molecule has 2 aliphatic carbocycles. The van der Waals surface area contributed by atoms with E-state index in [4.69, 9.17) is 4.74 Å². The van der Waals surface area contributed by atoms with E-state index in [1.54, 1.807) is 0 Å². The monoisotopic (exact) mass is 267 g/mol. The molecular weight excluding hydrogens is 234 g/mol. The van der Waals surface area contributed by atoms with E-state index in [1.807, 2.05) is 0 Å². The van der Waals surface area contributed by atoms with Gasteiger partial charge in [-0.3, -0.25) is 0 Å². The molecule has 2 fully saturated rings. The Hall–Kier alpha value is -0.0800. The number of hydrogen-bond donors (Lipinski definition) is 1. The summed E-state index contributed by atoms with van der Waals surface area (Å²) >= 11 is 0. The van der Waals surface area contributed by atoms with Crippen LogP contribution in [-0.4, -0.2) is 25.3 Å². The lowest BCUT2D eigenvalue weighted by molar-refractivity contribution is 0.00547. The maximum atomic E-state index is 6.18. The van der Waals surface area contributed by atoms with E-state index < -0.39 is 0 Å². The molecule has 112 valence electrons. The van der Waals surface area contributed by atoms with Crippen LogP contribution in [0.3, 0.4) is 0 Å². The van der Waals surface area contributed by atoms with Crippen LogP contribution in [0.2, 0.25) is 0 Å². The van der Waals surface area contributed by atoms with Gasteiger partial charge in [0.25, 0.3) is 0 Å². The highest BCUT2D eigenvalue weighted by Crippen LogP contribution is 2.31. The van der Waals surface area contributed by atoms with E-state index in [1.165, 1.54) is 57.8 Å². The normalized spacial score (nSPS) is 35.7. The fourth-order valence-corrected chi connectivity index (χ4v) is 4.06. The molecule has 0 spiro atoms. The van der Waals surface area contributed by atoms with Crippen LogP contribution in [0.1, 0.15) is 71.6 Å². The van der Waals surface area contributed by atoms with Crippen LogP contribution in [0.4, 0.5) is 0 Å². The molecule has 1 N–H and O–H groups in total. The zero-order valence-electron chi connectivity index (χ0n) is 13.0. The van der Waals surface area contributed by atoms with E-state index in [9.17, 15) is 0 Å². The maximum absolute atomic E-state index is 6.18. The fourth-order valence-electron chi connectivity index (χ4n) is 4.06. The van der Waals surface area contributed by atoms with Crippen molar-refractivity contribution < 1.29 is 4.74 Å². The first-order valence-electron chi connectivity index (χ1n) is 8.68. The third kappa shape index (κ3) is 4.75. The van der Waals surface area contributed by atoms with Gasteiger partial charge in [-0.1, -0.05) is 39.5 Å². The van der Waals surface area contributed by atoms with Crippen molar-refractivity contribution in [2.75, 3.05) is 13.2 Å². The summed E-state index contributed by atoms with van der Waals surface area (Å²) in [6, 6.07) is 0.767. The Bertz CT molecular complexity index is 243. The van der Waals surface area contributed by atoms with E-state index in [0.29, 0.717) is 6.10 Å². The second-order valence-electron chi connectivity index (χ2n) is 6.58. The second kappa shape index (κ2) is 8.26. The Morgan fingerprint density at radius 1 is 1.05 bits per heavy atom. The van der Waals surface area contributed by atoms with Crippen LogP contribution in [0, 0.1) is 11.8 Å². The van der Waals surface area contributed by atoms with Crippen molar-refractivity contribution in [3.05, 3.63) is 0 Å². The molecule has 2 aliphatic rings. The third-order valence-corrected chi connectivity index (χ3v) is 5.28. The van der Waals surface area contributed by atoms with Gasteiger partial charge in [-0.05, 0) is 50.5 Å². The largest absolute Gasteiger partial charge is 0.378 e. The topological polar surface area (TPSA) is 21.3 Å². The Morgan fingerprint density at radius 3 is 2.68 bits per heavy atom. The minimum atomic E-state index is 0.567. The predicted octanol–water partition coefficient (Wildman–Crippen LogP) is 4.14. The Kier molecular flexibility index (Phi) is 6.66. The first kappa shape index (κ1) is 15.3. The molecule has 0 radical (unpaired) electrons. The summed E-state index contributed by atoms with van der Waals surface area (Å²) in [4.78, 5) is 0. The van der Waals surface area contributed by atoms with Gasteiger partial charge in [0.2, 0.25) is 0 Å². The van der Waals surface area contributed by atoms with Crippen LogP contribution in [0.5, 0.6) is 0 Å². The number of hydrogen-bond acceptors (Lipinski definition) is 2. The van der Waals surface area contributed by atoms with Gasteiger partial charge in [-0.2, -0.15) is 0 Å². The van der Waals surface area contributed by atoms with Crippen molar-refractivity contribution in [2.24, 2.45) is 11.8 Å². The van der Waals surface area contributed by atoms with E-state index in [0.717, 1.165) is 31.0 Å². The molecule has 2 rings (SSSR count). The zero-order chi connectivity index (χ0) is 13.5. The highest BCUT2D eigenvalue weighted by atomic mass is 16.5. The lowest BCUT2D eigenvalue weighted by Gasteiger charge is -2.29. The first-order chi connectivity index (χ1) is 9.33. The zero-order valence-corrected chi connectivity index (χ0v) is 13.0. The molecule has 0 bridgehead atoms. The van der Waals surface area contributed by atoms with Crippen LogP contribution in [0.25, 0.3) is 0 Å². The van der Waals surface area contributed by atoms with Crippen molar-refractivity contribution in [1.82, 2.24) is 5.32 Å². The quantitative estimate of drug-likeness (QED) is 0.748. The minimum Gasteiger partial charge on any atom is -0.378 e. The molecule has 0 heterocycles. The number of rotatable bonds is 7. The van der Waals surface area contributed by atoms with Gasteiger partial charge in [-0.15, -0.1) is 0 Å². The molecule has 0 saturated heterocycles. The Balaban J connectivity index is 1.63. The van der Waals surface area contributed by atoms with E-state index in [2.05, 4.69) is 19.2 Å². The summed E-state index contributed by atoms with van der Waals surface area (Å²) in [5, 5.41) is 3.64. The highest BCUT2D eigenvalue weighted by molar-refractivity contribution is 4.82. The second-order valence-corrected chi connectivity index (χ2v) is 6.58. The summed E-state index contributed by atoms with van der Waals surface area (Å²) < 4.78 is 6.18. The molecule has 2 saturated carbocycles. The van der Waals surface area contributed by atoms with Crippen molar-refractivity contribution in [3.8, 4) is 0 Å². The number of nitrogens with one attached hydrogen (secondary N) is 1. The van der Waals surface area contributed by atoms with E-state index >= 15 is 0 Å². The first-order valence-corrected chi connectivity index (χ1v) is 8.68. The van der Waals surface area contributed by atoms with Crippen LogP contribution in [-0.2, 0) is 4.74 Å². The SMILES string of the molecule is CCNC1CCCC1CCOC1CCCC(CC)C1. The lowest BCUT2D eigenvalue weighted by atomic mass is 9.85. The third-order valence-electron chi connectivity index (χ3n) is 5.28. The van der Waals surface area contributed by atoms with Gasteiger partial charge in [-0.25, -0.2) is 0 Å². The van der Waals surface area contributed by atoms with Crippen molar-refractivity contribution in [2.45, 2.75) is 83.8 Å². The summed E-state index contributed by atoms with van der Waals surface area (Å²) in [5.41, 5.74) is 0. The Morgan fingerprint density at radius 2 is 1.89 bits per heavy atom. The molecule has 0 aromatic rings. The lowest BCUT2D eigenvalue weighted by Crippen LogP contribution is -2.33. The minimum absolute atomic E-state index is 0.567. The average Bonchev–Trinajstić information content (AvgIpc) is 2.87. The van der Waals surface area contributed by atoms with Crippen molar-refractivity contribution in [3.63, 3.8) is 0 Å². The van der Waals surface area contributed by atoms with Gasteiger partial charge in [0.1, 0.15) is 0 Å². The summed E-state index contributed by atoms with van der Waals surface area (Å²) in [5.74, 6) is 1.80. The van der Waals surface area contributed by atoms with E-state index in [-0.39, 0.29) is 0 Å². The molecule has 2 heteroatoms. The van der Waals surface area contributed by atoms with Crippen LogP contribution < -0.4 is 5.32 Å². The van der Waals surface area contributed by atoms with Crippen LogP contribution >= 0.6 is 0 Å². The maximum Gasteiger partial charge on any atom is 0.0577 e. The molecule has 4 unspecified atom stereocenters. The molecule has 2 nitrogen and oxygen atoms in total. The summed E-state index contributed by atoms with van der Waals surface area (Å²) in [7, 11) is 0. The van der Waals surface area contributed by atoms with Gasteiger partial charge in [0.15, 0.2) is 0 Å².